The fourth-order valence-electron chi connectivity index (χ4n) is 4.09. The number of benzene rings is 1. The molecule has 1 aliphatic heterocycles. The number of likely N-dealkylation sites (tertiary alicyclic amines) is 1. The topological polar surface area (TPSA) is 117 Å². The summed E-state index contributed by atoms with van der Waals surface area (Å²) in [5, 5.41) is 11.8. The van der Waals surface area contributed by atoms with Crippen LogP contribution in [0.15, 0.2) is 47.9 Å². The van der Waals surface area contributed by atoms with Crippen LogP contribution in [0.2, 0.25) is 0 Å². The van der Waals surface area contributed by atoms with Crippen LogP contribution >= 0.6 is 0 Å². The molecule has 0 unspecified atom stereocenters. The molecule has 39 heavy (non-hydrogen) atoms. The predicted molar refractivity (Wildman–Crippen MR) is 136 cm³/mol. The Morgan fingerprint density at radius 2 is 1.95 bits per heavy atom. The van der Waals surface area contributed by atoms with E-state index in [2.05, 4.69) is 16.9 Å². The maximum Gasteiger partial charge on any atom is 0.282 e. The fourth-order valence-corrected chi connectivity index (χ4v) is 4.09. The maximum atomic E-state index is 15.4. The molecule has 0 spiro atoms. The number of anilines is 1. The molecule has 0 aliphatic carbocycles. The van der Waals surface area contributed by atoms with Crippen molar-refractivity contribution in [2.45, 2.75) is 12.8 Å². The van der Waals surface area contributed by atoms with Gasteiger partial charge in [0, 0.05) is 24.9 Å². The van der Waals surface area contributed by atoms with E-state index in [-0.39, 0.29) is 46.1 Å². The maximum absolute atomic E-state index is 15.4. The number of carbonyl (C=O) groups is 2. The van der Waals surface area contributed by atoms with Crippen molar-refractivity contribution in [1.29, 1.82) is 5.26 Å². The predicted octanol–water partition coefficient (Wildman–Crippen LogP) is 3.84. The molecule has 12 heteroatoms. The SMILES string of the molecule is C=Cc1cc(C(=O)Nc2cc(-c3c(F)cc(C#N)cc3C(=O)N3CC(F)(F)C3)cc(OCC)n2)c(=O)n(C)c1. The molecule has 3 aromatic rings. The highest BCUT2D eigenvalue weighted by molar-refractivity contribution is 6.05. The quantitative estimate of drug-likeness (QED) is 0.490. The summed E-state index contributed by atoms with van der Waals surface area (Å²) in [5.41, 5.74) is -1.06. The second-order valence-electron chi connectivity index (χ2n) is 8.78. The number of aromatic nitrogens is 2. The summed E-state index contributed by atoms with van der Waals surface area (Å²) in [7, 11) is 1.47. The number of hydrogen-bond donors (Lipinski definition) is 1. The first-order valence-electron chi connectivity index (χ1n) is 11.7. The number of halogens is 3. The van der Waals surface area contributed by atoms with Gasteiger partial charge in [0.05, 0.1) is 36.9 Å². The molecule has 1 fully saturated rings. The molecule has 0 radical (unpaired) electrons. The van der Waals surface area contributed by atoms with Crippen molar-refractivity contribution in [2.75, 3.05) is 25.0 Å². The van der Waals surface area contributed by atoms with E-state index in [1.54, 1.807) is 13.0 Å². The number of rotatable bonds is 7. The van der Waals surface area contributed by atoms with Crippen LogP contribution in [0.1, 0.15) is 38.8 Å². The Morgan fingerprint density at radius 3 is 2.56 bits per heavy atom. The van der Waals surface area contributed by atoms with E-state index in [4.69, 9.17) is 4.74 Å². The lowest BCUT2D eigenvalue weighted by atomic mass is 9.95. The number of ether oxygens (including phenoxy) is 1. The molecule has 0 atom stereocenters. The van der Waals surface area contributed by atoms with E-state index >= 15 is 4.39 Å². The highest BCUT2D eigenvalue weighted by atomic mass is 19.3. The minimum Gasteiger partial charge on any atom is -0.478 e. The monoisotopic (exact) mass is 537 g/mol. The van der Waals surface area contributed by atoms with Crippen LogP contribution in [0.3, 0.4) is 0 Å². The number of nitrogens with zero attached hydrogens (tertiary/aromatic N) is 4. The number of hydrogen-bond acceptors (Lipinski definition) is 6. The Morgan fingerprint density at radius 1 is 1.23 bits per heavy atom. The number of aryl methyl sites for hydroxylation is 1. The third kappa shape index (κ3) is 5.52. The molecule has 1 aliphatic rings. The zero-order chi connectivity index (χ0) is 28.5. The number of pyridine rings is 2. The second kappa shape index (κ2) is 10.4. The van der Waals surface area contributed by atoms with Crippen LogP contribution in [0, 0.1) is 17.1 Å². The van der Waals surface area contributed by atoms with Crippen LogP contribution < -0.4 is 15.6 Å². The Bertz CT molecular complexity index is 1600. The van der Waals surface area contributed by atoms with Crippen molar-refractivity contribution in [3.63, 3.8) is 0 Å². The molecule has 200 valence electrons. The highest BCUT2D eigenvalue weighted by Crippen LogP contribution is 2.35. The zero-order valence-electron chi connectivity index (χ0n) is 20.9. The van der Waals surface area contributed by atoms with Gasteiger partial charge in [-0.1, -0.05) is 12.7 Å². The van der Waals surface area contributed by atoms with Gasteiger partial charge in [-0.2, -0.15) is 10.2 Å². The summed E-state index contributed by atoms with van der Waals surface area (Å²) in [6.07, 6.45) is 2.96. The van der Waals surface area contributed by atoms with Gasteiger partial charge in [-0.05, 0) is 42.3 Å². The van der Waals surface area contributed by atoms with E-state index in [0.29, 0.717) is 5.56 Å². The largest absolute Gasteiger partial charge is 0.478 e. The van der Waals surface area contributed by atoms with E-state index in [1.807, 2.05) is 0 Å². The summed E-state index contributed by atoms with van der Waals surface area (Å²) in [5.74, 6) is -5.91. The van der Waals surface area contributed by atoms with Crippen LogP contribution in [-0.2, 0) is 7.05 Å². The van der Waals surface area contributed by atoms with Gasteiger partial charge < -0.3 is 19.5 Å². The summed E-state index contributed by atoms with van der Waals surface area (Å²) < 4.78 is 48.9. The van der Waals surface area contributed by atoms with E-state index in [9.17, 15) is 28.4 Å². The van der Waals surface area contributed by atoms with Crippen molar-refractivity contribution in [2.24, 2.45) is 7.05 Å². The molecule has 1 saturated heterocycles. The molecule has 0 bridgehead atoms. The zero-order valence-corrected chi connectivity index (χ0v) is 20.9. The minimum atomic E-state index is -3.06. The first kappa shape index (κ1) is 27.1. The number of amides is 2. The first-order valence-corrected chi connectivity index (χ1v) is 11.7. The molecule has 0 saturated carbocycles. The summed E-state index contributed by atoms with van der Waals surface area (Å²) in [6, 6.07) is 7.66. The third-order valence-electron chi connectivity index (χ3n) is 5.89. The number of nitriles is 1. The summed E-state index contributed by atoms with van der Waals surface area (Å²) in [6.45, 7) is 3.76. The van der Waals surface area contributed by atoms with Gasteiger partial charge in [0.1, 0.15) is 17.2 Å². The normalized spacial score (nSPS) is 13.7. The fraction of sp³-hybridized carbons (Fsp3) is 0.222. The Balaban J connectivity index is 1.81. The molecule has 1 aromatic carbocycles. The first-order chi connectivity index (χ1) is 18.5. The number of carbonyl (C=O) groups excluding carboxylic acids is 2. The molecule has 4 rings (SSSR count). The van der Waals surface area contributed by atoms with Crippen molar-refractivity contribution in [3.8, 4) is 23.1 Å². The number of alkyl halides is 2. The lowest BCUT2D eigenvalue weighted by Gasteiger charge is -2.39. The molecule has 1 N–H and O–H groups in total. The molecular formula is C27H22F3N5O4. The van der Waals surface area contributed by atoms with Crippen molar-refractivity contribution in [1.82, 2.24) is 14.5 Å². The van der Waals surface area contributed by atoms with Gasteiger partial charge in [-0.25, -0.2) is 13.2 Å². The van der Waals surface area contributed by atoms with Gasteiger partial charge in [0.15, 0.2) is 0 Å². The van der Waals surface area contributed by atoms with Crippen LogP contribution in [0.4, 0.5) is 19.0 Å². The van der Waals surface area contributed by atoms with E-state index in [1.165, 1.54) is 42.1 Å². The van der Waals surface area contributed by atoms with Gasteiger partial charge in [-0.3, -0.25) is 14.4 Å². The number of nitrogens with one attached hydrogen (secondary N) is 1. The van der Waals surface area contributed by atoms with Crippen LogP contribution in [0.5, 0.6) is 5.88 Å². The molecule has 9 nitrogen and oxygen atoms in total. The highest BCUT2D eigenvalue weighted by Gasteiger charge is 2.47. The summed E-state index contributed by atoms with van der Waals surface area (Å²) in [4.78, 5) is 43.6. The Labute approximate surface area is 220 Å². The average molecular weight is 537 g/mol. The van der Waals surface area contributed by atoms with Gasteiger partial charge in [0.2, 0.25) is 5.88 Å². The van der Waals surface area contributed by atoms with Crippen molar-refractivity contribution in [3.05, 3.63) is 81.5 Å². The second-order valence-corrected chi connectivity index (χ2v) is 8.78. The third-order valence-corrected chi connectivity index (χ3v) is 5.89. The summed E-state index contributed by atoms with van der Waals surface area (Å²) >= 11 is 0. The standard InChI is InChI=1S/C27H22F3N5O4/c1-4-15-6-19(25(37)34(3)12-15)24(36)33-21-9-17(10-22(32-21)39-5-2)23-18(7-16(11-31)8-20(23)28)26(38)35-13-27(29,30)14-35/h4,6-10,12H,1,5,13-14H2,2-3H3,(H,32,33,36). The Hall–Kier alpha value is -4.92. The minimum absolute atomic E-state index is 0.0223. The van der Waals surface area contributed by atoms with Crippen LogP contribution in [0.25, 0.3) is 17.2 Å². The van der Waals surface area contributed by atoms with Gasteiger partial charge in [0.25, 0.3) is 23.3 Å². The molecular weight excluding hydrogens is 515 g/mol. The molecule has 3 heterocycles. The Kier molecular flexibility index (Phi) is 7.27. The van der Waals surface area contributed by atoms with Crippen LogP contribution in [-0.4, -0.2) is 51.9 Å². The van der Waals surface area contributed by atoms with Crippen molar-refractivity contribution >= 4 is 23.7 Å². The molecule has 2 amide bonds. The lowest BCUT2D eigenvalue weighted by molar-refractivity contribution is -0.113. The lowest BCUT2D eigenvalue weighted by Crippen LogP contribution is -2.58. The van der Waals surface area contributed by atoms with Crippen molar-refractivity contribution < 1.29 is 27.5 Å². The molecule has 2 aromatic heterocycles. The smallest absolute Gasteiger partial charge is 0.282 e. The van der Waals surface area contributed by atoms with Gasteiger partial charge >= 0.3 is 0 Å². The average Bonchev–Trinajstić information content (AvgIpc) is 2.87. The van der Waals surface area contributed by atoms with E-state index < -0.39 is 42.2 Å². The van der Waals surface area contributed by atoms with E-state index in [0.717, 1.165) is 17.0 Å². The van der Waals surface area contributed by atoms with Gasteiger partial charge in [-0.15, -0.1) is 0 Å².